The summed E-state index contributed by atoms with van der Waals surface area (Å²) >= 11 is 0. The third-order valence-corrected chi connectivity index (χ3v) is 4.21. The average molecular weight is 318 g/mol. The van der Waals surface area contributed by atoms with E-state index in [4.69, 9.17) is 0 Å². The number of nitrogens with one attached hydrogen (secondary N) is 1. The van der Waals surface area contributed by atoms with Gasteiger partial charge in [0.2, 0.25) is 0 Å². The largest absolute Gasteiger partial charge is 0.393 e. The molecule has 2 rings (SSSR count). The van der Waals surface area contributed by atoms with E-state index in [0.29, 0.717) is 5.56 Å². The van der Waals surface area contributed by atoms with Gasteiger partial charge in [0.25, 0.3) is 5.91 Å². The second kappa shape index (κ2) is 7.13. The Labute approximate surface area is 137 Å². The highest BCUT2D eigenvalue weighted by molar-refractivity contribution is 5.97. The maximum Gasteiger partial charge on any atom is 0.251 e. The van der Waals surface area contributed by atoms with Crippen molar-refractivity contribution in [2.24, 2.45) is 5.41 Å². The molecule has 0 aliphatic carbocycles. The minimum atomic E-state index is -0.448. The molecule has 1 aliphatic rings. The summed E-state index contributed by atoms with van der Waals surface area (Å²) in [6, 6.07) is 7.38. The van der Waals surface area contributed by atoms with Crippen LogP contribution in [-0.4, -0.2) is 42.5 Å². The molecular formula is C18H26N2O3. The van der Waals surface area contributed by atoms with Gasteiger partial charge in [-0.1, -0.05) is 20.8 Å². The van der Waals surface area contributed by atoms with Crippen LogP contribution >= 0.6 is 0 Å². The zero-order valence-electron chi connectivity index (χ0n) is 14.1. The number of benzene rings is 1. The van der Waals surface area contributed by atoms with Crippen LogP contribution in [0.2, 0.25) is 0 Å². The van der Waals surface area contributed by atoms with Crippen molar-refractivity contribution in [1.82, 2.24) is 5.32 Å². The average Bonchev–Trinajstić information content (AvgIpc) is 2.52. The summed E-state index contributed by atoms with van der Waals surface area (Å²) in [4.78, 5) is 26.1. The molecule has 1 aliphatic heterocycles. The molecule has 1 fully saturated rings. The first-order chi connectivity index (χ1) is 10.8. The van der Waals surface area contributed by atoms with E-state index in [2.05, 4.69) is 10.2 Å². The summed E-state index contributed by atoms with van der Waals surface area (Å²) in [6.07, 6.45) is 1.35. The van der Waals surface area contributed by atoms with Crippen molar-refractivity contribution in [3.05, 3.63) is 29.8 Å². The summed E-state index contributed by atoms with van der Waals surface area (Å²) in [5, 5.41) is 12.2. The normalized spacial score (nSPS) is 16.3. The lowest BCUT2D eigenvalue weighted by molar-refractivity contribution is -0.125. The van der Waals surface area contributed by atoms with E-state index >= 15 is 0 Å². The molecule has 0 aromatic heterocycles. The van der Waals surface area contributed by atoms with Crippen LogP contribution in [0.4, 0.5) is 5.69 Å². The molecule has 0 radical (unpaired) electrons. The number of hydrogen-bond donors (Lipinski definition) is 2. The zero-order valence-corrected chi connectivity index (χ0v) is 14.1. The van der Waals surface area contributed by atoms with Gasteiger partial charge in [0, 0.05) is 29.8 Å². The highest BCUT2D eigenvalue weighted by Gasteiger charge is 2.22. The Kier molecular flexibility index (Phi) is 5.42. The predicted molar refractivity (Wildman–Crippen MR) is 90.7 cm³/mol. The number of anilines is 1. The number of ketones is 1. The third kappa shape index (κ3) is 4.79. The summed E-state index contributed by atoms with van der Waals surface area (Å²) < 4.78 is 0. The standard InChI is InChI=1S/C18H26N2O3/c1-18(2,3)16(22)12-19-17(23)13-4-6-14(7-5-13)20-10-8-15(21)9-11-20/h4-7,15,21H,8-12H2,1-3H3,(H,19,23). The van der Waals surface area contributed by atoms with Gasteiger partial charge in [-0.15, -0.1) is 0 Å². The first-order valence-corrected chi connectivity index (χ1v) is 8.12. The lowest BCUT2D eigenvalue weighted by Gasteiger charge is -2.31. The van der Waals surface area contributed by atoms with E-state index in [0.717, 1.165) is 31.6 Å². The van der Waals surface area contributed by atoms with Crippen molar-refractivity contribution < 1.29 is 14.7 Å². The molecule has 1 heterocycles. The van der Waals surface area contributed by atoms with Gasteiger partial charge < -0.3 is 15.3 Å². The van der Waals surface area contributed by atoms with E-state index in [1.54, 1.807) is 12.1 Å². The number of aliphatic hydroxyl groups excluding tert-OH is 1. The number of aliphatic hydroxyl groups is 1. The summed E-state index contributed by atoms with van der Waals surface area (Å²) in [7, 11) is 0. The van der Waals surface area contributed by atoms with E-state index < -0.39 is 5.41 Å². The molecule has 23 heavy (non-hydrogen) atoms. The van der Waals surface area contributed by atoms with Gasteiger partial charge in [0.05, 0.1) is 12.6 Å². The van der Waals surface area contributed by atoms with E-state index in [1.807, 2.05) is 32.9 Å². The Bertz CT molecular complexity index is 553. The predicted octanol–water partition coefficient (Wildman–Crippen LogP) is 1.99. The number of amides is 1. The number of nitrogens with zero attached hydrogens (tertiary/aromatic N) is 1. The first kappa shape index (κ1) is 17.5. The number of carbonyl (C=O) groups is 2. The first-order valence-electron chi connectivity index (χ1n) is 8.12. The maximum absolute atomic E-state index is 12.1. The minimum Gasteiger partial charge on any atom is -0.393 e. The fourth-order valence-electron chi connectivity index (χ4n) is 2.48. The van der Waals surface area contributed by atoms with Crippen LogP contribution in [-0.2, 0) is 4.79 Å². The van der Waals surface area contributed by atoms with Gasteiger partial charge in [0.15, 0.2) is 5.78 Å². The minimum absolute atomic E-state index is 0.00865. The Balaban J connectivity index is 1.91. The maximum atomic E-state index is 12.1. The fourth-order valence-corrected chi connectivity index (χ4v) is 2.48. The molecule has 126 valence electrons. The Morgan fingerprint density at radius 2 is 1.74 bits per heavy atom. The Morgan fingerprint density at radius 3 is 2.26 bits per heavy atom. The van der Waals surface area contributed by atoms with Gasteiger partial charge in [-0.05, 0) is 37.1 Å². The second-order valence-electron chi connectivity index (χ2n) is 7.12. The molecule has 0 bridgehead atoms. The van der Waals surface area contributed by atoms with E-state index in [1.165, 1.54) is 0 Å². The van der Waals surface area contributed by atoms with Crippen molar-refractivity contribution >= 4 is 17.4 Å². The highest BCUT2D eigenvalue weighted by atomic mass is 16.3. The van der Waals surface area contributed by atoms with Crippen molar-refractivity contribution in [2.75, 3.05) is 24.5 Å². The van der Waals surface area contributed by atoms with Crippen LogP contribution in [0.1, 0.15) is 44.0 Å². The Hall–Kier alpha value is -1.88. The van der Waals surface area contributed by atoms with Crippen molar-refractivity contribution in [3.8, 4) is 0 Å². The van der Waals surface area contributed by atoms with E-state index in [9.17, 15) is 14.7 Å². The molecule has 5 nitrogen and oxygen atoms in total. The molecule has 5 heteroatoms. The van der Waals surface area contributed by atoms with Crippen molar-refractivity contribution in [3.63, 3.8) is 0 Å². The van der Waals surface area contributed by atoms with Crippen LogP contribution in [0.15, 0.2) is 24.3 Å². The molecule has 2 N–H and O–H groups in total. The van der Waals surface area contributed by atoms with Crippen LogP contribution in [0.3, 0.4) is 0 Å². The molecular weight excluding hydrogens is 292 g/mol. The van der Waals surface area contributed by atoms with Crippen molar-refractivity contribution in [1.29, 1.82) is 0 Å². The molecule has 1 amide bonds. The fraction of sp³-hybridized carbons (Fsp3) is 0.556. The summed E-state index contributed by atoms with van der Waals surface area (Å²) in [5.74, 6) is -0.224. The monoisotopic (exact) mass is 318 g/mol. The van der Waals surface area contributed by atoms with Crippen LogP contribution in [0.5, 0.6) is 0 Å². The van der Waals surface area contributed by atoms with Gasteiger partial charge in [-0.25, -0.2) is 0 Å². The van der Waals surface area contributed by atoms with Gasteiger partial charge >= 0.3 is 0 Å². The summed E-state index contributed by atoms with van der Waals surface area (Å²) in [6.45, 7) is 7.22. The lowest BCUT2D eigenvalue weighted by Crippen LogP contribution is -2.36. The topological polar surface area (TPSA) is 69.6 Å². The summed E-state index contributed by atoms with van der Waals surface area (Å²) in [5.41, 5.74) is 1.15. The number of piperidine rings is 1. The smallest absolute Gasteiger partial charge is 0.251 e. The number of hydrogen-bond acceptors (Lipinski definition) is 4. The molecule has 0 atom stereocenters. The quantitative estimate of drug-likeness (QED) is 0.891. The SMILES string of the molecule is CC(C)(C)C(=O)CNC(=O)c1ccc(N2CCC(O)CC2)cc1. The molecule has 0 saturated carbocycles. The number of rotatable bonds is 4. The van der Waals surface area contributed by atoms with E-state index in [-0.39, 0.29) is 24.3 Å². The van der Waals surface area contributed by atoms with Crippen LogP contribution in [0.25, 0.3) is 0 Å². The molecule has 1 aromatic carbocycles. The zero-order chi connectivity index (χ0) is 17.0. The second-order valence-corrected chi connectivity index (χ2v) is 7.12. The van der Waals surface area contributed by atoms with Crippen molar-refractivity contribution in [2.45, 2.75) is 39.7 Å². The van der Waals surface area contributed by atoms with Gasteiger partial charge in [-0.3, -0.25) is 9.59 Å². The molecule has 1 aromatic rings. The van der Waals surface area contributed by atoms with Gasteiger partial charge in [0.1, 0.15) is 0 Å². The van der Waals surface area contributed by atoms with Gasteiger partial charge in [-0.2, -0.15) is 0 Å². The molecule has 0 spiro atoms. The highest BCUT2D eigenvalue weighted by Crippen LogP contribution is 2.20. The lowest BCUT2D eigenvalue weighted by atomic mass is 9.91. The number of carbonyl (C=O) groups excluding carboxylic acids is 2. The van der Waals surface area contributed by atoms with Crippen LogP contribution < -0.4 is 10.2 Å². The molecule has 1 saturated heterocycles. The third-order valence-electron chi connectivity index (χ3n) is 4.21. The van der Waals surface area contributed by atoms with Crippen LogP contribution in [0, 0.1) is 5.41 Å². The Morgan fingerprint density at radius 1 is 1.17 bits per heavy atom. The molecule has 0 unspecified atom stereocenters. The number of Topliss-reactive ketones (excluding diaryl/α,β-unsaturated/α-hetero) is 1.